The van der Waals surface area contributed by atoms with E-state index in [0.717, 1.165) is 4.47 Å². The van der Waals surface area contributed by atoms with Gasteiger partial charge in [-0.15, -0.1) is 0 Å². The van der Waals surface area contributed by atoms with Gasteiger partial charge >= 0.3 is 0 Å². The predicted molar refractivity (Wildman–Crippen MR) is 76.3 cm³/mol. The predicted octanol–water partition coefficient (Wildman–Crippen LogP) is 5.09. The van der Waals surface area contributed by atoms with E-state index in [4.69, 9.17) is 16.3 Å². The molecule has 0 aromatic heterocycles. The van der Waals surface area contributed by atoms with Crippen molar-refractivity contribution >= 4 is 27.5 Å². The molecular formula is C14H11BrClFO2. The van der Waals surface area contributed by atoms with Crippen molar-refractivity contribution in [3.8, 4) is 11.5 Å². The monoisotopic (exact) mass is 344 g/mol. The summed E-state index contributed by atoms with van der Waals surface area (Å²) in [5.41, 5.74) is 0.112. The Balaban J connectivity index is 2.41. The number of halogens is 3. The van der Waals surface area contributed by atoms with Crippen LogP contribution in [0.5, 0.6) is 11.5 Å². The lowest BCUT2D eigenvalue weighted by Gasteiger charge is -2.14. The van der Waals surface area contributed by atoms with Crippen molar-refractivity contribution < 1.29 is 14.2 Å². The Morgan fingerprint density at radius 2 is 2.00 bits per heavy atom. The summed E-state index contributed by atoms with van der Waals surface area (Å²) in [6.07, 6.45) is -0.967. The molecule has 0 radical (unpaired) electrons. The van der Waals surface area contributed by atoms with E-state index in [9.17, 15) is 9.50 Å². The van der Waals surface area contributed by atoms with Gasteiger partial charge in [0.15, 0.2) is 0 Å². The molecule has 0 saturated heterocycles. The fourth-order valence-corrected chi connectivity index (χ4v) is 2.40. The van der Waals surface area contributed by atoms with E-state index in [1.807, 2.05) is 0 Å². The molecule has 2 nitrogen and oxygen atoms in total. The third-order valence-corrected chi connectivity index (χ3v) is 3.33. The summed E-state index contributed by atoms with van der Waals surface area (Å²) in [6, 6.07) is 9.49. The quantitative estimate of drug-likeness (QED) is 0.840. The summed E-state index contributed by atoms with van der Waals surface area (Å²) in [7, 11) is 0. The average molecular weight is 346 g/mol. The smallest absolute Gasteiger partial charge is 0.146 e. The second-order valence-corrected chi connectivity index (χ2v) is 5.33. The first-order valence-corrected chi connectivity index (χ1v) is 6.75. The fourth-order valence-electron chi connectivity index (χ4n) is 1.69. The molecule has 0 spiro atoms. The fraction of sp³-hybridized carbons (Fsp3) is 0.143. The van der Waals surface area contributed by atoms with E-state index in [1.54, 1.807) is 24.3 Å². The van der Waals surface area contributed by atoms with Gasteiger partial charge in [0.2, 0.25) is 0 Å². The summed E-state index contributed by atoms with van der Waals surface area (Å²) >= 11 is 9.33. The van der Waals surface area contributed by atoms with Crippen LogP contribution < -0.4 is 4.74 Å². The van der Waals surface area contributed by atoms with Crippen LogP contribution in [0.4, 0.5) is 4.39 Å². The lowest BCUT2D eigenvalue weighted by Crippen LogP contribution is -2.00. The number of aliphatic hydroxyl groups is 1. The summed E-state index contributed by atoms with van der Waals surface area (Å²) in [5, 5.41) is 10.0. The number of benzene rings is 2. The number of hydrogen-bond donors (Lipinski definition) is 1. The summed E-state index contributed by atoms with van der Waals surface area (Å²) in [6.45, 7) is 1.48. The van der Waals surface area contributed by atoms with Gasteiger partial charge in [0.1, 0.15) is 17.3 Å². The second kappa shape index (κ2) is 5.90. The molecule has 0 aliphatic carbocycles. The number of aliphatic hydroxyl groups excluding tert-OH is 1. The molecule has 2 aromatic rings. The second-order valence-electron chi connectivity index (χ2n) is 4.00. The van der Waals surface area contributed by atoms with Gasteiger partial charge in [0.25, 0.3) is 0 Å². The van der Waals surface area contributed by atoms with E-state index in [0.29, 0.717) is 10.8 Å². The molecular weight excluding hydrogens is 335 g/mol. The van der Waals surface area contributed by atoms with Crippen LogP contribution in [0.25, 0.3) is 0 Å². The van der Waals surface area contributed by atoms with Crippen LogP contribution in [0.15, 0.2) is 40.9 Å². The van der Waals surface area contributed by atoms with Crippen LogP contribution in [0.1, 0.15) is 18.6 Å². The SMILES string of the molecule is C[C@H](O)c1c(F)cccc1Oc1ccc(Br)cc1Cl. The molecule has 2 rings (SSSR count). The Morgan fingerprint density at radius 3 is 2.63 bits per heavy atom. The minimum atomic E-state index is -0.967. The third kappa shape index (κ3) is 3.26. The molecule has 19 heavy (non-hydrogen) atoms. The van der Waals surface area contributed by atoms with Crippen molar-refractivity contribution in [2.45, 2.75) is 13.0 Å². The van der Waals surface area contributed by atoms with Crippen LogP contribution in [-0.4, -0.2) is 5.11 Å². The summed E-state index contributed by atoms with van der Waals surface area (Å²) in [5.74, 6) is 0.136. The van der Waals surface area contributed by atoms with E-state index >= 15 is 0 Å². The lowest BCUT2D eigenvalue weighted by molar-refractivity contribution is 0.190. The molecule has 0 aliphatic rings. The highest BCUT2D eigenvalue weighted by atomic mass is 79.9. The Labute approximate surface area is 123 Å². The minimum Gasteiger partial charge on any atom is -0.455 e. The molecule has 5 heteroatoms. The number of rotatable bonds is 3. The van der Waals surface area contributed by atoms with Crippen molar-refractivity contribution in [3.63, 3.8) is 0 Å². The molecule has 0 saturated carbocycles. The maximum atomic E-state index is 13.7. The molecule has 0 heterocycles. The van der Waals surface area contributed by atoms with Crippen molar-refractivity contribution in [3.05, 3.63) is 57.3 Å². The van der Waals surface area contributed by atoms with Gasteiger partial charge in [-0.05, 0) is 37.3 Å². The molecule has 0 amide bonds. The maximum Gasteiger partial charge on any atom is 0.146 e. The Morgan fingerprint density at radius 1 is 1.26 bits per heavy atom. The molecule has 1 N–H and O–H groups in total. The zero-order chi connectivity index (χ0) is 14.0. The van der Waals surface area contributed by atoms with Gasteiger partial charge in [0.05, 0.1) is 16.7 Å². The van der Waals surface area contributed by atoms with Crippen LogP contribution >= 0.6 is 27.5 Å². The highest BCUT2D eigenvalue weighted by Crippen LogP contribution is 2.35. The molecule has 0 fully saturated rings. The number of ether oxygens (including phenoxy) is 1. The minimum absolute atomic E-state index is 0.112. The maximum absolute atomic E-state index is 13.7. The zero-order valence-corrected chi connectivity index (χ0v) is 12.4. The lowest BCUT2D eigenvalue weighted by atomic mass is 10.1. The average Bonchev–Trinajstić information content (AvgIpc) is 2.32. The van der Waals surface area contributed by atoms with E-state index in [2.05, 4.69) is 15.9 Å². The molecule has 0 unspecified atom stereocenters. The van der Waals surface area contributed by atoms with Crippen molar-refractivity contribution in [1.82, 2.24) is 0 Å². The van der Waals surface area contributed by atoms with Gasteiger partial charge in [-0.25, -0.2) is 4.39 Å². The van der Waals surface area contributed by atoms with Crippen LogP contribution in [0.2, 0.25) is 5.02 Å². The van der Waals surface area contributed by atoms with Crippen LogP contribution in [0, 0.1) is 5.82 Å². The third-order valence-electron chi connectivity index (χ3n) is 2.54. The van der Waals surface area contributed by atoms with Gasteiger partial charge in [-0.3, -0.25) is 0 Å². The van der Waals surface area contributed by atoms with Crippen LogP contribution in [-0.2, 0) is 0 Å². The Kier molecular flexibility index (Phi) is 4.45. The molecule has 1 atom stereocenters. The molecule has 0 bridgehead atoms. The zero-order valence-electron chi connectivity index (χ0n) is 10.0. The first kappa shape index (κ1) is 14.3. The summed E-state index contributed by atoms with van der Waals surface area (Å²) < 4.78 is 20.1. The van der Waals surface area contributed by atoms with Crippen molar-refractivity contribution in [2.75, 3.05) is 0 Å². The first-order valence-electron chi connectivity index (χ1n) is 5.58. The highest BCUT2D eigenvalue weighted by Gasteiger charge is 2.16. The Hall–Kier alpha value is -1.10. The van der Waals surface area contributed by atoms with E-state index < -0.39 is 11.9 Å². The molecule has 100 valence electrons. The van der Waals surface area contributed by atoms with Gasteiger partial charge in [0, 0.05) is 4.47 Å². The van der Waals surface area contributed by atoms with Gasteiger partial charge in [-0.1, -0.05) is 33.6 Å². The normalized spacial score (nSPS) is 12.3. The highest BCUT2D eigenvalue weighted by molar-refractivity contribution is 9.10. The van der Waals surface area contributed by atoms with E-state index in [-0.39, 0.29) is 11.3 Å². The number of hydrogen-bond acceptors (Lipinski definition) is 2. The molecule has 2 aromatic carbocycles. The topological polar surface area (TPSA) is 29.5 Å². The largest absolute Gasteiger partial charge is 0.455 e. The van der Waals surface area contributed by atoms with Gasteiger partial charge < -0.3 is 9.84 Å². The summed E-state index contributed by atoms with van der Waals surface area (Å²) in [4.78, 5) is 0. The first-order chi connectivity index (χ1) is 8.99. The van der Waals surface area contributed by atoms with Gasteiger partial charge in [-0.2, -0.15) is 0 Å². The van der Waals surface area contributed by atoms with Crippen LogP contribution in [0.3, 0.4) is 0 Å². The molecule has 0 aliphatic heterocycles. The Bertz CT molecular complexity index is 602. The van der Waals surface area contributed by atoms with E-state index in [1.165, 1.54) is 19.1 Å². The van der Waals surface area contributed by atoms with Crippen molar-refractivity contribution in [2.24, 2.45) is 0 Å². The standard InChI is InChI=1S/C14H11BrClFO2/c1-8(18)14-11(17)3-2-4-13(14)19-12-6-5-9(15)7-10(12)16/h2-8,18H,1H3/t8-/m0/s1. The van der Waals surface area contributed by atoms with Crippen molar-refractivity contribution in [1.29, 1.82) is 0 Å².